The third-order valence-corrected chi connectivity index (χ3v) is 16.6. The fraction of sp³-hybridized carbons (Fsp3) is 1.00. The van der Waals surface area contributed by atoms with E-state index in [4.69, 9.17) is 12.3 Å². The van der Waals surface area contributed by atoms with Crippen molar-refractivity contribution in [3.63, 3.8) is 0 Å². The van der Waals surface area contributed by atoms with E-state index in [9.17, 15) is 0 Å². The van der Waals surface area contributed by atoms with Crippen molar-refractivity contribution in [2.24, 2.45) is 0 Å². The fourth-order valence-corrected chi connectivity index (χ4v) is 19.7. The van der Waals surface area contributed by atoms with E-state index in [1.165, 1.54) is 0 Å². The molecule has 0 amide bonds. The molecular formula is C11H32O3Si4. The van der Waals surface area contributed by atoms with Crippen LogP contribution in [0.2, 0.25) is 65.0 Å². The molecule has 0 N–H and O–H groups in total. The first kappa shape index (κ1) is 18.7. The zero-order chi connectivity index (χ0) is 14.8. The highest BCUT2D eigenvalue weighted by atomic mass is 28.5. The van der Waals surface area contributed by atoms with Gasteiger partial charge in [0.25, 0.3) is 0 Å². The maximum Gasteiger partial charge on any atom is 0.312 e. The predicted molar refractivity (Wildman–Crippen MR) is 89.5 cm³/mol. The molecular weight excluding hydrogens is 292 g/mol. The molecule has 7 heteroatoms. The smallest absolute Gasteiger partial charge is 0.312 e. The van der Waals surface area contributed by atoms with Gasteiger partial charge in [0.1, 0.15) is 0 Å². The predicted octanol–water partition coefficient (Wildman–Crippen LogP) is 4.50. The van der Waals surface area contributed by atoms with E-state index in [0.29, 0.717) is 0 Å². The summed E-state index contributed by atoms with van der Waals surface area (Å²) in [5, 5.41) is 0. The first-order valence-corrected chi connectivity index (χ1v) is 18.9. The Hall–Kier alpha value is 0.748. The molecule has 0 fully saturated rings. The van der Waals surface area contributed by atoms with Gasteiger partial charge in [-0.2, -0.15) is 0 Å². The SMILES string of the molecule is CC[Si](C)(C)O[Si](C)(C)O[Si](C)(C)O[Si](C)(C)C. The van der Waals surface area contributed by atoms with Crippen LogP contribution in [0.3, 0.4) is 0 Å². The second kappa shape index (κ2) is 6.02. The van der Waals surface area contributed by atoms with E-state index < -0.39 is 33.8 Å². The van der Waals surface area contributed by atoms with Gasteiger partial charge in [0, 0.05) is 0 Å². The van der Waals surface area contributed by atoms with Gasteiger partial charge < -0.3 is 12.3 Å². The highest BCUT2D eigenvalue weighted by molar-refractivity contribution is 6.89. The number of hydrogen-bond acceptors (Lipinski definition) is 3. The fourth-order valence-electron chi connectivity index (χ4n) is 2.11. The Balaban J connectivity index is 4.66. The molecule has 0 radical (unpaired) electrons. The Morgan fingerprint density at radius 3 is 1.33 bits per heavy atom. The van der Waals surface area contributed by atoms with Crippen molar-refractivity contribution in [3.8, 4) is 0 Å². The van der Waals surface area contributed by atoms with Crippen LogP contribution in [0.25, 0.3) is 0 Å². The molecule has 18 heavy (non-hydrogen) atoms. The Labute approximate surface area is 118 Å². The molecule has 0 aliphatic rings. The molecule has 0 atom stereocenters. The molecule has 110 valence electrons. The average Bonchev–Trinajstić information content (AvgIpc) is 1.93. The molecule has 0 saturated carbocycles. The van der Waals surface area contributed by atoms with Crippen LogP contribution >= 0.6 is 0 Å². The Kier molecular flexibility index (Phi) is 6.27. The first-order chi connectivity index (χ1) is 7.68. The van der Waals surface area contributed by atoms with E-state index in [2.05, 4.69) is 65.8 Å². The molecule has 0 rings (SSSR count). The molecule has 0 aromatic rings. The lowest BCUT2D eigenvalue weighted by Crippen LogP contribution is -2.55. The van der Waals surface area contributed by atoms with Gasteiger partial charge in [-0.25, -0.2) is 0 Å². The van der Waals surface area contributed by atoms with Crippen molar-refractivity contribution in [3.05, 3.63) is 0 Å². The Morgan fingerprint density at radius 1 is 0.611 bits per heavy atom. The van der Waals surface area contributed by atoms with Gasteiger partial charge in [-0.1, -0.05) is 6.92 Å². The lowest BCUT2D eigenvalue weighted by atomic mass is 11.0. The van der Waals surface area contributed by atoms with Crippen LogP contribution < -0.4 is 0 Å². The summed E-state index contributed by atoms with van der Waals surface area (Å²) in [5.74, 6) is 0. The molecule has 0 aromatic carbocycles. The van der Waals surface area contributed by atoms with Gasteiger partial charge in [-0.15, -0.1) is 0 Å². The summed E-state index contributed by atoms with van der Waals surface area (Å²) in [7, 11) is -7.24. The van der Waals surface area contributed by atoms with E-state index in [1.54, 1.807) is 0 Å². The van der Waals surface area contributed by atoms with E-state index in [0.717, 1.165) is 6.04 Å². The molecule has 0 bridgehead atoms. The maximum atomic E-state index is 6.35. The van der Waals surface area contributed by atoms with Crippen LogP contribution in [0.4, 0.5) is 0 Å². The summed E-state index contributed by atoms with van der Waals surface area (Å²) in [6.45, 7) is 22.0. The minimum atomic E-state index is -2.07. The van der Waals surface area contributed by atoms with Gasteiger partial charge in [-0.05, 0) is 65.0 Å². The van der Waals surface area contributed by atoms with Crippen LogP contribution in [0.15, 0.2) is 0 Å². The molecule has 0 aromatic heterocycles. The van der Waals surface area contributed by atoms with Crippen LogP contribution in [0, 0.1) is 0 Å². The monoisotopic (exact) mass is 324 g/mol. The highest BCUT2D eigenvalue weighted by Gasteiger charge is 2.41. The summed E-state index contributed by atoms with van der Waals surface area (Å²) in [5.41, 5.74) is 0. The summed E-state index contributed by atoms with van der Waals surface area (Å²) in [6, 6.07) is 1.13. The van der Waals surface area contributed by atoms with Gasteiger partial charge in [0.15, 0.2) is 16.6 Å². The van der Waals surface area contributed by atoms with Crippen molar-refractivity contribution < 1.29 is 12.3 Å². The number of hydrogen-bond donors (Lipinski definition) is 0. The molecule has 0 spiro atoms. The van der Waals surface area contributed by atoms with Gasteiger partial charge in [0.2, 0.25) is 0 Å². The quantitative estimate of drug-likeness (QED) is 0.645. The topological polar surface area (TPSA) is 27.7 Å². The summed E-state index contributed by atoms with van der Waals surface area (Å²) in [4.78, 5) is 0. The van der Waals surface area contributed by atoms with Crippen molar-refractivity contribution in [2.75, 3.05) is 0 Å². The maximum absolute atomic E-state index is 6.35. The third-order valence-electron chi connectivity index (χ3n) is 2.42. The van der Waals surface area contributed by atoms with Gasteiger partial charge >= 0.3 is 17.1 Å². The van der Waals surface area contributed by atoms with Crippen LogP contribution in [0.1, 0.15) is 6.92 Å². The summed E-state index contributed by atoms with van der Waals surface area (Å²) in [6.07, 6.45) is 0. The third kappa shape index (κ3) is 8.78. The zero-order valence-corrected chi connectivity index (χ0v) is 17.9. The Morgan fingerprint density at radius 2 is 1.00 bits per heavy atom. The minimum absolute atomic E-state index is 1.13. The zero-order valence-electron chi connectivity index (χ0n) is 13.9. The van der Waals surface area contributed by atoms with Gasteiger partial charge in [0.05, 0.1) is 0 Å². The van der Waals surface area contributed by atoms with E-state index >= 15 is 0 Å². The number of rotatable bonds is 7. The van der Waals surface area contributed by atoms with Crippen LogP contribution in [-0.2, 0) is 12.3 Å². The second-order valence-electron chi connectivity index (χ2n) is 7.33. The standard InChI is InChI=1S/C11H32O3Si4/c1-11-16(5,6)13-18(9,10)14-17(7,8)12-15(2,3)4/h11H2,1-10H3. The molecule has 0 aliphatic carbocycles. The lowest BCUT2D eigenvalue weighted by molar-refractivity contribution is 0.330. The van der Waals surface area contributed by atoms with Crippen molar-refractivity contribution in [1.82, 2.24) is 0 Å². The minimum Gasteiger partial charge on any atom is -0.437 e. The van der Waals surface area contributed by atoms with Crippen molar-refractivity contribution >= 4 is 33.8 Å². The molecule has 0 saturated heterocycles. The van der Waals surface area contributed by atoms with Crippen LogP contribution in [0.5, 0.6) is 0 Å². The second-order valence-corrected chi connectivity index (χ2v) is 23.8. The van der Waals surface area contributed by atoms with Gasteiger partial charge in [-0.3, -0.25) is 0 Å². The van der Waals surface area contributed by atoms with E-state index in [-0.39, 0.29) is 0 Å². The van der Waals surface area contributed by atoms with E-state index in [1.807, 2.05) is 0 Å². The molecule has 3 nitrogen and oxygen atoms in total. The highest BCUT2D eigenvalue weighted by Crippen LogP contribution is 2.24. The Bertz CT molecular complexity index is 272. The average molecular weight is 325 g/mol. The summed E-state index contributed by atoms with van der Waals surface area (Å²) < 4.78 is 18.9. The van der Waals surface area contributed by atoms with Crippen molar-refractivity contribution in [2.45, 2.75) is 71.9 Å². The lowest BCUT2D eigenvalue weighted by Gasteiger charge is -2.40. The summed E-state index contributed by atoms with van der Waals surface area (Å²) >= 11 is 0. The molecule has 0 unspecified atom stereocenters. The largest absolute Gasteiger partial charge is 0.437 e. The first-order valence-electron chi connectivity index (χ1n) is 6.79. The van der Waals surface area contributed by atoms with Crippen LogP contribution in [-0.4, -0.2) is 33.8 Å². The normalized spacial score (nSPS) is 15.0. The molecule has 0 aliphatic heterocycles. The van der Waals surface area contributed by atoms with Crippen molar-refractivity contribution in [1.29, 1.82) is 0 Å². The molecule has 0 heterocycles.